The lowest BCUT2D eigenvalue weighted by molar-refractivity contribution is 0.0996. The summed E-state index contributed by atoms with van der Waals surface area (Å²) in [5.74, 6) is -0.747. The number of halogens is 1. The smallest absolute Gasteiger partial charge is 0.322 e. The minimum Gasteiger partial charge on any atom is -0.366 e. The van der Waals surface area contributed by atoms with E-state index < -0.39 is 5.91 Å². The molecule has 0 aliphatic carbocycles. The van der Waals surface area contributed by atoms with Crippen LogP contribution in [-0.2, 0) is 6.42 Å². The van der Waals surface area contributed by atoms with Crippen LogP contribution in [0, 0.1) is 19.7 Å². The molecule has 1 aromatic carbocycles. The van der Waals surface area contributed by atoms with E-state index in [0.29, 0.717) is 23.0 Å². The number of amides is 3. The van der Waals surface area contributed by atoms with Crippen LogP contribution in [-0.4, -0.2) is 58.4 Å². The van der Waals surface area contributed by atoms with Crippen LogP contribution in [0.2, 0.25) is 0 Å². The Morgan fingerprint density at radius 3 is 2.46 bits per heavy atom. The minimum atomic E-state index is -0.430. The van der Waals surface area contributed by atoms with Gasteiger partial charge < -0.3 is 20.9 Å². The summed E-state index contributed by atoms with van der Waals surface area (Å²) in [5, 5.41) is 2.96. The molecule has 37 heavy (non-hydrogen) atoms. The van der Waals surface area contributed by atoms with Crippen molar-refractivity contribution in [2.24, 2.45) is 5.73 Å². The number of aryl methyl sites for hydroxylation is 3. The molecule has 0 spiro atoms. The summed E-state index contributed by atoms with van der Waals surface area (Å²) in [5.41, 5.74) is 9.18. The number of nitrogens with zero attached hydrogens (tertiary/aromatic N) is 3. The SMILES string of the molecule is CCCCCN(C(=O)Nc1ccc(F)cc1)C1CCN([C@H](C)CCc2cc(C)c(C(N)=O)c(C)n2)CC1. The molecule has 7 nitrogen and oxygen atoms in total. The molecule has 3 N–H and O–H groups in total. The second-order valence-corrected chi connectivity index (χ2v) is 10.2. The van der Waals surface area contributed by atoms with E-state index in [4.69, 9.17) is 5.73 Å². The number of urea groups is 1. The van der Waals surface area contributed by atoms with Crippen molar-refractivity contribution in [2.45, 2.75) is 84.7 Å². The molecule has 202 valence electrons. The predicted octanol–water partition coefficient (Wildman–Crippen LogP) is 5.45. The standard InChI is InChI=1S/C29H42FN5O2/c1-5-6-7-16-35(29(37)33-24-12-9-23(30)10-13-24)26-14-17-34(18-15-26)21(3)8-11-25-19-20(2)27(28(31)36)22(4)32-25/h9-10,12-13,19,21,26H,5-8,11,14-18H2,1-4H3,(H2,31,36)(H,33,37)/t21-/m1/s1. The van der Waals surface area contributed by atoms with Gasteiger partial charge in [0.1, 0.15) is 5.82 Å². The van der Waals surface area contributed by atoms with Crippen molar-refractivity contribution in [3.63, 3.8) is 0 Å². The maximum Gasteiger partial charge on any atom is 0.322 e. The summed E-state index contributed by atoms with van der Waals surface area (Å²) in [6, 6.07) is 8.37. The maximum absolute atomic E-state index is 13.3. The number of unbranched alkanes of at least 4 members (excludes halogenated alkanes) is 2. The van der Waals surface area contributed by atoms with Gasteiger partial charge in [-0.2, -0.15) is 0 Å². The third kappa shape index (κ3) is 7.99. The van der Waals surface area contributed by atoms with E-state index in [1.165, 1.54) is 12.1 Å². The summed E-state index contributed by atoms with van der Waals surface area (Å²) in [6.45, 7) is 10.8. The van der Waals surface area contributed by atoms with E-state index >= 15 is 0 Å². The van der Waals surface area contributed by atoms with Crippen LogP contribution in [0.1, 0.15) is 79.7 Å². The van der Waals surface area contributed by atoms with E-state index in [9.17, 15) is 14.0 Å². The number of carbonyl (C=O) groups is 2. The third-order valence-corrected chi connectivity index (χ3v) is 7.44. The molecular weight excluding hydrogens is 469 g/mol. The number of piperidine rings is 1. The number of nitrogens with one attached hydrogen (secondary N) is 1. The Kier molecular flexibility index (Phi) is 10.4. The Bertz CT molecular complexity index is 1030. The van der Waals surface area contributed by atoms with Gasteiger partial charge in [-0.3, -0.25) is 9.78 Å². The van der Waals surface area contributed by atoms with Crippen molar-refractivity contribution >= 4 is 17.6 Å². The molecule has 1 aliphatic heterocycles. The van der Waals surface area contributed by atoms with Crippen LogP contribution in [0.3, 0.4) is 0 Å². The molecule has 1 aliphatic rings. The summed E-state index contributed by atoms with van der Waals surface area (Å²) in [4.78, 5) is 33.9. The Labute approximate surface area is 220 Å². The number of rotatable bonds is 11. The zero-order chi connectivity index (χ0) is 26.9. The fraction of sp³-hybridized carbons (Fsp3) is 0.552. The van der Waals surface area contributed by atoms with Gasteiger partial charge in [-0.25, -0.2) is 9.18 Å². The summed E-state index contributed by atoms with van der Waals surface area (Å²) >= 11 is 0. The highest BCUT2D eigenvalue weighted by Crippen LogP contribution is 2.23. The molecule has 2 aromatic rings. The Morgan fingerprint density at radius 2 is 1.86 bits per heavy atom. The fourth-order valence-corrected chi connectivity index (χ4v) is 5.30. The third-order valence-electron chi connectivity index (χ3n) is 7.44. The molecular formula is C29H42FN5O2. The van der Waals surface area contributed by atoms with Crippen LogP contribution >= 0.6 is 0 Å². The lowest BCUT2D eigenvalue weighted by Crippen LogP contribution is -2.50. The van der Waals surface area contributed by atoms with Gasteiger partial charge in [0, 0.05) is 43.1 Å². The molecule has 1 saturated heterocycles. The van der Waals surface area contributed by atoms with E-state index in [0.717, 1.165) is 75.8 Å². The van der Waals surface area contributed by atoms with E-state index in [1.54, 1.807) is 12.1 Å². The Balaban J connectivity index is 1.55. The highest BCUT2D eigenvalue weighted by atomic mass is 19.1. The first kappa shape index (κ1) is 28.6. The van der Waals surface area contributed by atoms with Crippen LogP contribution in [0.4, 0.5) is 14.9 Å². The predicted molar refractivity (Wildman–Crippen MR) is 146 cm³/mol. The van der Waals surface area contributed by atoms with Gasteiger partial charge in [0.2, 0.25) is 0 Å². The second kappa shape index (κ2) is 13.5. The largest absolute Gasteiger partial charge is 0.366 e. The quantitative estimate of drug-likeness (QED) is 0.393. The number of benzene rings is 1. The molecule has 0 bridgehead atoms. The van der Waals surface area contributed by atoms with Gasteiger partial charge in [0.15, 0.2) is 0 Å². The van der Waals surface area contributed by atoms with Crippen molar-refractivity contribution in [3.05, 3.63) is 58.7 Å². The first-order valence-corrected chi connectivity index (χ1v) is 13.5. The molecule has 2 heterocycles. The molecule has 3 amide bonds. The summed E-state index contributed by atoms with van der Waals surface area (Å²) in [6.07, 6.45) is 6.83. The highest BCUT2D eigenvalue weighted by Gasteiger charge is 2.29. The molecule has 0 radical (unpaired) electrons. The molecule has 1 aromatic heterocycles. The summed E-state index contributed by atoms with van der Waals surface area (Å²) < 4.78 is 13.3. The van der Waals surface area contributed by atoms with Gasteiger partial charge in [0.05, 0.1) is 11.3 Å². The number of nitrogens with two attached hydrogens (primary N) is 1. The van der Waals surface area contributed by atoms with E-state index in [2.05, 4.69) is 29.0 Å². The van der Waals surface area contributed by atoms with Crippen LogP contribution in [0.25, 0.3) is 0 Å². The van der Waals surface area contributed by atoms with Gasteiger partial charge in [-0.05, 0) is 88.8 Å². The van der Waals surface area contributed by atoms with Crippen LogP contribution < -0.4 is 11.1 Å². The van der Waals surface area contributed by atoms with Crippen molar-refractivity contribution < 1.29 is 14.0 Å². The first-order chi connectivity index (χ1) is 17.7. The van der Waals surface area contributed by atoms with E-state index in [1.807, 2.05) is 24.8 Å². The number of carbonyl (C=O) groups excluding carboxylic acids is 2. The van der Waals surface area contributed by atoms with Crippen LogP contribution in [0.5, 0.6) is 0 Å². The topological polar surface area (TPSA) is 91.6 Å². The number of primary amides is 1. The number of aromatic nitrogens is 1. The molecule has 3 rings (SSSR count). The van der Waals surface area contributed by atoms with E-state index in [-0.39, 0.29) is 17.9 Å². The summed E-state index contributed by atoms with van der Waals surface area (Å²) in [7, 11) is 0. The van der Waals surface area contributed by atoms with Crippen molar-refractivity contribution in [1.29, 1.82) is 0 Å². The molecule has 1 atom stereocenters. The monoisotopic (exact) mass is 511 g/mol. The Morgan fingerprint density at radius 1 is 1.19 bits per heavy atom. The zero-order valence-electron chi connectivity index (χ0n) is 22.7. The maximum atomic E-state index is 13.3. The highest BCUT2D eigenvalue weighted by molar-refractivity contribution is 5.95. The zero-order valence-corrected chi connectivity index (χ0v) is 22.7. The number of anilines is 1. The number of hydrogen-bond acceptors (Lipinski definition) is 4. The molecule has 0 unspecified atom stereocenters. The lowest BCUT2D eigenvalue weighted by Gasteiger charge is -2.40. The average molecular weight is 512 g/mol. The fourth-order valence-electron chi connectivity index (χ4n) is 5.30. The second-order valence-electron chi connectivity index (χ2n) is 10.2. The molecule has 8 heteroatoms. The number of pyridine rings is 1. The Hall–Kier alpha value is -3.00. The lowest BCUT2D eigenvalue weighted by atomic mass is 9.99. The van der Waals surface area contributed by atoms with Crippen molar-refractivity contribution in [1.82, 2.24) is 14.8 Å². The van der Waals surface area contributed by atoms with Gasteiger partial charge >= 0.3 is 6.03 Å². The first-order valence-electron chi connectivity index (χ1n) is 13.5. The average Bonchev–Trinajstić information content (AvgIpc) is 2.86. The molecule has 1 fully saturated rings. The normalized spacial score (nSPS) is 15.4. The number of likely N-dealkylation sites (tertiary alicyclic amines) is 1. The van der Waals surface area contributed by atoms with Gasteiger partial charge in [-0.15, -0.1) is 0 Å². The van der Waals surface area contributed by atoms with Crippen LogP contribution in [0.15, 0.2) is 30.3 Å². The van der Waals surface area contributed by atoms with Gasteiger partial charge in [-0.1, -0.05) is 19.8 Å². The van der Waals surface area contributed by atoms with Crippen molar-refractivity contribution in [3.8, 4) is 0 Å². The molecule has 0 saturated carbocycles. The van der Waals surface area contributed by atoms with Crippen molar-refractivity contribution in [2.75, 3.05) is 25.0 Å². The van der Waals surface area contributed by atoms with Gasteiger partial charge in [0.25, 0.3) is 5.91 Å². The minimum absolute atomic E-state index is 0.106. The number of hydrogen-bond donors (Lipinski definition) is 2.